The third-order valence-electron chi connectivity index (χ3n) is 8.94. The van der Waals surface area contributed by atoms with E-state index in [1.165, 1.54) is 55.2 Å². The van der Waals surface area contributed by atoms with Crippen molar-refractivity contribution in [2.45, 2.75) is 64.8 Å². The SMILES string of the molecule is CC(=O)C1CCC(c2ccccc2)c2c1ccc1c2cc(N)c2ccccc21.CC1=CC(C)(C)Nc2cc(C)ccc21. The Labute approximate surface area is 249 Å². The predicted octanol–water partition coefficient (Wildman–Crippen LogP) is 9.78. The molecule has 2 unspecified atom stereocenters. The molecule has 0 spiro atoms. The molecular formula is C39H40N2O. The van der Waals surface area contributed by atoms with Crippen molar-refractivity contribution in [2.75, 3.05) is 11.1 Å². The molecular weight excluding hydrogens is 512 g/mol. The van der Waals surface area contributed by atoms with E-state index in [4.69, 9.17) is 5.73 Å². The minimum absolute atomic E-state index is 0.0212. The summed E-state index contributed by atoms with van der Waals surface area (Å²) in [5, 5.41) is 8.20. The third-order valence-corrected chi connectivity index (χ3v) is 8.94. The zero-order valence-corrected chi connectivity index (χ0v) is 25.3. The van der Waals surface area contributed by atoms with Crippen molar-refractivity contribution in [2.24, 2.45) is 0 Å². The first-order valence-corrected chi connectivity index (χ1v) is 15.0. The topological polar surface area (TPSA) is 55.1 Å². The summed E-state index contributed by atoms with van der Waals surface area (Å²) in [4.78, 5) is 12.4. The van der Waals surface area contributed by atoms with E-state index in [-0.39, 0.29) is 23.2 Å². The Morgan fingerprint density at radius 2 is 1.50 bits per heavy atom. The summed E-state index contributed by atoms with van der Waals surface area (Å²) in [6.45, 7) is 10.4. The third kappa shape index (κ3) is 5.09. The lowest BCUT2D eigenvalue weighted by Gasteiger charge is -2.32. The van der Waals surface area contributed by atoms with Crippen molar-refractivity contribution >= 4 is 44.3 Å². The van der Waals surface area contributed by atoms with Crippen molar-refractivity contribution in [3.8, 4) is 0 Å². The number of fused-ring (bicyclic) bond motifs is 6. The van der Waals surface area contributed by atoms with Gasteiger partial charge in [-0.15, -0.1) is 0 Å². The minimum atomic E-state index is -0.0212. The molecule has 3 nitrogen and oxygen atoms in total. The zero-order chi connectivity index (χ0) is 29.6. The number of aryl methyl sites for hydroxylation is 1. The lowest BCUT2D eigenvalue weighted by atomic mass is 9.71. The fourth-order valence-corrected chi connectivity index (χ4v) is 7.12. The molecule has 1 aliphatic carbocycles. The maximum absolute atomic E-state index is 12.4. The molecule has 5 aromatic carbocycles. The average Bonchev–Trinajstić information content (AvgIpc) is 2.96. The Bertz CT molecular complexity index is 1850. The standard InChI is InChI=1S/C26H23NO.C13H17N/c1-16(28)18-11-12-19(17-7-3-2-4-8-17)26-23(18)14-13-21-20-9-5-6-10-22(20)25(27)15-24(21)26;1-9-5-6-11-10(2)8-13(3,4)14-12(11)7-9/h2-10,13-15,18-19H,11-12,27H2,1H3;5-8,14H,1-4H3. The Balaban J connectivity index is 0.000000189. The molecule has 0 fully saturated rings. The number of nitrogens with one attached hydrogen (secondary N) is 1. The Kier molecular flexibility index (Phi) is 7.14. The van der Waals surface area contributed by atoms with E-state index in [9.17, 15) is 4.79 Å². The number of allylic oxidation sites excluding steroid dienone is 1. The molecule has 3 heteroatoms. The lowest BCUT2D eigenvalue weighted by molar-refractivity contribution is -0.118. The van der Waals surface area contributed by atoms with Gasteiger partial charge in [-0.05, 0) is 104 Å². The summed E-state index contributed by atoms with van der Waals surface area (Å²) in [5.74, 6) is 0.518. The number of carbonyl (C=O) groups excluding carboxylic acids is 1. The Morgan fingerprint density at radius 1 is 0.810 bits per heavy atom. The average molecular weight is 553 g/mol. The second-order valence-corrected chi connectivity index (χ2v) is 12.6. The first-order valence-electron chi connectivity index (χ1n) is 15.0. The van der Waals surface area contributed by atoms with Gasteiger partial charge in [-0.1, -0.05) is 84.9 Å². The number of Topliss-reactive ketones (excluding diaryl/α,β-unsaturated/α-hetero) is 1. The van der Waals surface area contributed by atoms with E-state index in [0.717, 1.165) is 23.9 Å². The van der Waals surface area contributed by atoms with Crippen LogP contribution in [0.15, 0.2) is 97.1 Å². The Morgan fingerprint density at radius 3 is 2.24 bits per heavy atom. The highest BCUT2D eigenvalue weighted by atomic mass is 16.1. The van der Waals surface area contributed by atoms with Gasteiger partial charge in [-0.3, -0.25) is 4.79 Å². The number of ketones is 1. The van der Waals surface area contributed by atoms with Crippen LogP contribution in [0.25, 0.3) is 27.1 Å². The minimum Gasteiger partial charge on any atom is -0.398 e. The van der Waals surface area contributed by atoms with Gasteiger partial charge in [0.1, 0.15) is 5.78 Å². The van der Waals surface area contributed by atoms with Gasteiger partial charge in [0.25, 0.3) is 0 Å². The summed E-state index contributed by atoms with van der Waals surface area (Å²) in [6.07, 6.45) is 4.16. The second kappa shape index (κ2) is 10.8. The van der Waals surface area contributed by atoms with Crippen LogP contribution < -0.4 is 11.1 Å². The molecule has 0 radical (unpaired) electrons. The monoisotopic (exact) mass is 552 g/mol. The van der Waals surface area contributed by atoms with Crippen LogP contribution in [0.2, 0.25) is 0 Å². The van der Waals surface area contributed by atoms with Crippen LogP contribution in [0.4, 0.5) is 11.4 Å². The summed E-state index contributed by atoms with van der Waals surface area (Å²) in [5.41, 5.74) is 16.4. The molecule has 2 aliphatic rings. The van der Waals surface area contributed by atoms with Crippen LogP contribution in [0.3, 0.4) is 0 Å². The van der Waals surface area contributed by atoms with Crippen LogP contribution >= 0.6 is 0 Å². The van der Waals surface area contributed by atoms with E-state index in [1.807, 2.05) is 6.07 Å². The molecule has 0 saturated heterocycles. The molecule has 2 atom stereocenters. The number of nitrogen functional groups attached to an aromatic ring is 1. The maximum Gasteiger partial charge on any atom is 0.137 e. The van der Waals surface area contributed by atoms with Crippen molar-refractivity contribution in [1.82, 2.24) is 0 Å². The molecule has 42 heavy (non-hydrogen) atoms. The van der Waals surface area contributed by atoms with Gasteiger partial charge in [0.2, 0.25) is 0 Å². The summed E-state index contributed by atoms with van der Waals surface area (Å²) in [7, 11) is 0. The van der Waals surface area contributed by atoms with Gasteiger partial charge in [-0.25, -0.2) is 0 Å². The second-order valence-electron chi connectivity index (χ2n) is 12.6. The van der Waals surface area contributed by atoms with Gasteiger partial charge in [-0.2, -0.15) is 0 Å². The van der Waals surface area contributed by atoms with Crippen LogP contribution in [0, 0.1) is 6.92 Å². The van der Waals surface area contributed by atoms with Gasteiger partial charge in [0.05, 0.1) is 5.54 Å². The fraction of sp³-hybridized carbons (Fsp3) is 0.256. The first kappa shape index (κ1) is 27.8. The number of nitrogens with two attached hydrogens (primary N) is 1. The lowest BCUT2D eigenvalue weighted by Crippen LogP contribution is -2.31. The van der Waals surface area contributed by atoms with E-state index in [0.29, 0.717) is 0 Å². The predicted molar refractivity (Wildman–Crippen MR) is 179 cm³/mol. The van der Waals surface area contributed by atoms with E-state index in [2.05, 4.69) is 124 Å². The van der Waals surface area contributed by atoms with Crippen molar-refractivity contribution in [1.29, 1.82) is 0 Å². The highest BCUT2D eigenvalue weighted by molar-refractivity contribution is 6.14. The number of benzene rings is 5. The smallest absolute Gasteiger partial charge is 0.137 e. The van der Waals surface area contributed by atoms with Gasteiger partial charge >= 0.3 is 0 Å². The molecule has 0 amide bonds. The maximum atomic E-state index is 12.4. The summed E-state index contributed by atoms with van der Waals surface area (Å²) in [6, 6.07) is 32.0. The van der Waals surface area contributed by atoms with E-state index >= 15 is 0 Å². The Hall–Kier alpha value is -4.37. The molecule has 1 heterocycles. The number of anilines is 2. The molecule has 0 aromatic heterocycles. The molecule has 5 aromatic rings. The van der Waals surface area contributed by atoms with E-state index in [1.54, 1.807) is 6.92 Å². The number of hydrogen-bond acceptors (Lipinski definition) is 3. The molecule has 7 rings (SSSR count). The highest BCUT2D eigenvalue weighted by Gasteiger charge is 2.32. The number of hydrogen-bond donors (Lipinski definition) is 2. The first-order chi connectivity index (χ1) is 20.1. The van der Waals surface area contributed by atoms with Crippen LogP contribution in [0.5, 0.6) is 0 Å². The largest absolute Gasteiger partial charge is 0.398 e. The van der Waals surface area contributed by atoms with Crippen LogP contribution in [-0.4, -0.2) is 11.3 Å². The van der Waals surface area contributed by atoms with Gasteiger partial charge < -0.3 is 11.1 Å². The number of carbonyl (C=O) groups is 1. The van der Waals surface area contributed by atoms with Gasteiger partial charge in [0.15, 0.2) is 0 Å². The summed E-state index contributed by atoms with van der Waals surface area (Å²) >= 11 is 0. The molecule has 0 bridgehead atoms. The van der Waals surface area contributed by atoms with Gasteiger partial charge in [0, 0.05) is 34.2 Å². The highest BCUT2D eigenvalue weighted by Crippen LogP contribution is 2.47. The van der Waals surface area contributed by atoms with Crippen molar-refractivity contribution in [3.63, 3.8) is 0 Å². The molecule has 212 valence electrons. The van der Waals surface area contributed by atoms with Crippen LogP contribution in [-0.2, 0) is 4.79 Å². The fourth-order valence-electron chi connectivity index (χ4n) is 7.12. The van der Waals surface area contributed by atoms with Crippen LogP contribution in [0.1, 0.15) is 80.2 Å². The van der Waals surface area contributed by atoms with E-state index < -0.39 is 0 Å². The molecule has 1 aliphatic heterocycles. The van der Waals surface area contributed by atoms with Crippen molar-refractivity contribution < 1.29 is 4.79 Å². The zero-order valence-electron chi connectivity index (χ0n) is 25.3. The summed E-state index contributed by atoms with van der Waals surface area (Å²) < 4.78 is 0. The van der Waals surface area contributed by atoms with Crippen molar-refractivity contribution in [3.05, 3.63) is 125 Å². The number of rotatable bonds is 2. The normalized spacial score (nSPS) is 18.6. The molecule has 3 N–H and O–H groups in total. The molecule has 0 saturated carbocycles. The quantitative estimate of drug-likeness (QED) is 0.169.